The van der Waals surface area contributed by atoms with Gasteiger partial charge >= 0.3 is 6.18 Å². The van der Waals surface area contributed by atoms with Crippen LogP contribution in [0.3, 0.4) is 0 Å². The summed E-state index contributed by atoms with van der Waals surface area (Å²) in [5.74, 6) is 5.66. The monoisotopic (exact) mass is 283 g/mol. The molecule has 1 aromatic carbocycles. The van der Waals surface area contributed by atoms with E-state index < -0.39 is 11.7 Å². The van der Waals surface area contributed by atoms with E-state index in [0.29, 0.717) is 5.82 Å². The minimum atomic E-state index is -4.39. The van der Waals surface area contributed by atoms with Gasteiger partial charge in [-0.2, -0.15) is 18.2 Å². The highest BCUT2D eigenvalue weighted by atomic mass is 19.4. The van der Waals surface area contributed by atoms with Crippen LogP contribution in [0.1, 0.15) is 11.1 Å². The summed E-state index contributed by atoms with van der Waals surface area (Å²) in [6, 6.07) is 5.50. The number of nitrogens with one attached hydrogen (secondary N) is 2. The fraction of sp³-hybridized carbons (Fsp3) is 0.167. The molecule has 0 unspecified atom stereocenters. The first-order chi connectivity index (χ1) is 9.40. The van der Waals surface area contributed by atoms with Crippen molar-refractivity contribution in [3.63, 3.8) is 0 Å². The smallest absolute Gasteiger partial charge is 0.340 e. The second-order valence-corrected chi connectivity index (χ2v) is 4.06. The Morgan fingerprint density at radius 3 is 2.60 bits per heavy atom. The lowest BCUT2D eigenvalue weighted by atomic mass is 10.1. The van der Waals surface area contributed by atoms with Gasteiger partial charge < -0.3 is 5.32 Å². The maximum absolute atomic E-state index is 12.8. The van der Waals surface area contributed by atoms with E-state index in [1.165, 1.54) is 25.3 Å². The van der Waals surface area contributed by atoms with Crippen LogP contribution in [0.25, 0.3) is 0 Å². The van der Waals surface area contributed by atoms with Crippen LogP contribution < -0.4 is 16.6 Å². The van der Waals surface area contributed by atoms with Gasteiger partial charge in [0.1, 0.15) is 5.82 Å². The third kappa shape index (κ3) is 3.15. The SMILES string of the molecule is Cc1ccc(Nc2ccnc(NN)n2)cc1C(F)(F)F. The molecule has 0 spiro atoms. The number of hydrogen-bond donors (Lipinski definition) is 3. The van der Waals surface area contributed by atoms with Crippen LogP contribution in [0.15, 0.2) is 30.5 Å². The fourth-order valence-electron chi connectivity index (χ4n) is 1.65. The van der Waals surface area contributed by atoms with E-state index in [2.05, 4.69) is 20.7 Å². The van der Waals surface area contributed by atoms with Gasteiger partial charge in [-0.25, -0.2) is 10.8 Å². The van der Waals surface area contributed by atoms with Crippen molar-refractivity contribution in [2.75, 3.05) is 10.7 Å². The molecule has 8 heteroatoms. The molecule has 0 fully saturated rings. The molecule has 0 bridgehead atoms. The van der Waals surface area contributed by atoms with Gasteiger partial charge in [0.2, 0.25) is 5.95 Å². The molecule has 0 radical (unpaired) electrons. The number of rotatable bonds is 3. The van der Waals surface area contributed by atoms with E-state index in [1.807, 2.05) is 0 Å². The van der Waals surface area contributed by atoms with E-state index in [9.17, 15) is 13.2 Å². The largest absolute Gasteiger partial charge is 0.416 e. The summed E-state index contributed by atoms with van der Waals surface area (Å²) in [6.45, 7) is 1.41. The summed E-state index contributed by atoms with van der Waals surface area (Å²) in [6.07, 6.45) is -2.96. The van der Waals surface area contributed by atoms with E-state index in [0.717, 1.165) is 6.07 Å². The second-order valence-electron chi connectivity index (χ2n) is 4.06. The van der Waals surface area contributed by atoms with Crippen LogP contribution in [-0.2, 0) is 6.18 Å². The van der Waals surface area contributed by atoms with Gasteiger partial charge in [-0.05, 0) is 30.7 Å². The molecule has 106 valence electrons. The van der Waals surface area contributed by atoms with Crippen molar-refractivity contribution in [3.8, 4) is 0 Å². The van der Waals surface area contributed by atoms with E-state index in [4.69, 9.17) is 5.84 Å². The Hall–Kier alpha value is -2.35. The van der Waals surface area contributed by atoms with Gasteiger partial charge in [-0.3, -0.25) is 5.43 Å². The van der Waals surface area contributed by atoms with Crippen molar-refractivity contribution < 1.29 is 13.2 Å². The number of nitrogens with two attached hydrogens (primary N) is 1. The highest BCUT2D eigenvalue weighted by Crippen LogP contribution is 2.33. The fourth-order valence-corrected chi connectivity index (χ4v) is 1.65. The van der Waals surface area contributed by atoms with Crippen molar-refractivity contribution in [1.29, 1.82) is 0 Å². The highest BCUT2D eigenvalue weighted by molar-refractivity contribution is 5.59. The number of aromatic nitrogens is 2. The molecule has 5 nitrogen and oxygen atoms in total. The average molecular weight is 283 g/mol. The van der Waals surface area contributed by atoms with Gasteiger partial charge in [0.25, 0.3) is 0 Å². The zero-order chi connectivity index (χ0) is 14.8. The van der Waals surface area contributed by atoms with Crippen molar-refractivity contribution in [2.45, 2.75) is 13.1 Å². The van der Waals surface area contributed by atoms with Crippen molar-refractivity contribution >= 4 is 17.5 Å². The third-order valence-electron chi connectivity index (χ3n) is 2.60. The van der Waals surface area contributed by atoms with Gasteiger partial charge in [0, 0.05) is 11.9 Å². The molecular weight excluding hydrogens is 271 g/mol. The summed E-state index contributed by atoms with van der Waals surface area (Å²) in [7, 11) is 0. The Kier molecular flexibility index (Phi) is 3.75. The quantitative estimate of drug-likeness (QED) is 0.596. The lowest BCUT2D eigenvalue weighted by Gasteiger charge is -2.13. The van der Waals surface area contributed by atoms with E-state index in [-0.39, 0.29) is 17.2 Å². The lowest BCUT2D eigenvalue weighted by molar-refractivity contribution is -0.138. The maximum Gasteiger partial charge on any atom is 0.416 e. The molecular formula is C12H12F3N5. The Labute approximate surface area is 113 Å². The Balaban J connectivity index is 2.30. The highest BCUT2D eigenvalue weighted by Gasteiger charge is 2.32. The Morgan fingerprint density at radius 1 is 1.20 bits per heavy atom. The number of aryl methyl sites for hydroxylation is 1. The Bertz CT molecular complexity index is 612. The van der Waals surface area contributed by atoms with Crippen molar-refractivity contribution in [2.24, 2.45) is 5.84 Å². The van der Waals surface area contributed by atoms with Crippen LogP contribution in [0.4, 0.5) is 30.6 Å². The number of hydrazine groups is 1. The first-order valence-corrected chi connectivity index (χ1v) is 5.64. The molecule has 0 saturated heterocycles. The first-order valence-electron chi connectivity index (χ1n) is 5.64. The van der Waals surface area contributed by atoms with Crippen LogP contribution >= 0.6 is 0 Å². The van der Waals surface area contributed by atoms with Crippen LogP contribution in [0, 0.1) is 6.92 Å². The number of hydrogen-bond acceptors (Lipinski definition) is 5. The molecule has 0 atom stereocenters. The van der Waals surface area contributed by atoms with Crippen molar-refractivity contribution in [1.82, 2.24) is 9.97 Å². The van der Waals surface area contributed by atoms with Crippen LogP contribution in [0.2, 0.25) is 0 Å². The van der Waals surface area contributed by atoms with Gasteiger partial charge in [-0.1, -0.05) is 6.07 Å². The van der Waals surface area contributed by atoms with Crippen molar-refractivity contribution in [3.05, 3.63) is 41.6 Å². The molecule has 0 aliphatic carbocycles. The number of nitrogens with zero attached hydrogens (tertiary/aromatic N) is 2. The normalized spacial score (nSPS) is 11.2. The summed E-state index contributed by atoms with van der Waals surface area (Å²) in [4.78, 5) is 7.76. The number of halogens is 3. The third-order valence-corrected chi connectivity index (χ3v) is 2.60. The topological polar surface area (TPSA) is 75.9 Å². The van der Waals surface area contributed by atoms with E-state index in [1.54, 1.807) is 6.07 Å². The molecule has 0 aliphatic heterocycles. The van der Waals surface area contributed by atoms with Gasteiger partial charge in [0.05, 0.1) is 5.56 Å². The summed E-state index contributed by atoms with van der Waals surface area (Å²) in [5.41, 5.74) is 2.01. The molecule has 20 heavy (non-hydrogen) atoms. The zero-order valence-corrected chi connectivity index (χ0v) is 10.5. The molecule has 0 aliphatic rings. The number of anilines is 3. The average Bonchev–Trinajstić information content (AvgIpc) is 2.40. The van der Waals surface area contributed by atoms with Crippen LogP contribution in [0.5, 0.6) is 0 Å². The summed E-state index contributed by atoms with van der Waals surface area (Å²) in [5, 5.41) is 2.77. The standard InChI is InChI=1S/C12H12F3N5/c1-7-2-3-8(6-9(7)12(13,14)15)18-10-4-5-17-11(19-10)20-16/h2-6H,16H2,1H3,(H2,17,18,19,20). The zero-order valence-electron chi connectivity index (χ0n) is 10.5. The number of nitrogen functional groups attached to an aromatic ring is 1. The number of alkyl halides is 3. The molecule has 0 amide bonds. The first kappa shape index (κ1) is 14.1. The predicted octanol–water partition coefficient (Wildman–Crippen LogP) is 2.83. The summed E-state index contributed by atoms with van der Waals surface area (Å²) >= 11 is 0. The van der Waals surface area contributed by atoms with Gasteiger partial charge in [0.15, 0.2) is 0 Å². The minimum absolute atomic E-state index is 0.162. The molecule has 2 rings (SSSR count). The minimum Gasteiger partial charge on any atom is -0.340 e. The molecule has 2 aromatic rings. The molecule has 0 saturated carbocycles. The molecule has 4 N–H and O–H groups in total. The summed E-state index contributed by atoms with van der Waals surface area (Å²) < 4.78 is 38.4. The van der Waals surface area contributed by atoms with Crippen LogP contribution in [-0.4, -0.2) is 9.97 Å². The van der Waals surface area contributed by atoms with Gasteiger partial charge in [-0.15, -0.1) is 0 Å². The Morgan fingerprint density at radius 2 is 1.95 bits per heavy atom. The van der Waals surface area contributed by atoms with E-state index >= 15 is 0 Å². The molecule has 1 heterocycles. The lowest BCUT2D eigenvalue weighted by Crippen LogP contribution is -2.11. The second kappa shape index (κ2) is 5.33. The number of benzene rings is 1. The molecule has 1 aromatic heterocycles. The predicted molar refractivity (Wildman–Crippen MR) is 69.3 cm³/mol. The maximum atomic E-state index is 12.8.